The maximum atomic E-state index is 12.9. The van der Waals surface area contributed by atoms with Gasteiger partial charge in [0.1, 0.15) is 11.6 Å². The average molecular weight is 335 g/mol. The SMILES string of the molecule is O=C(Nc1ccc(NCCc2ccccc2)cn1)c1ccc(F)cc1. The normalized spacial score (nSPS) is 10.3. The number of anilines is 2. The monoisotopic (exact) mass is 335 g/mol. The minimum absolute atomic E-state index is 0.322. The molecule has 0 saturated heterocycles. The van der Waals surface area contributed by atoms with Crippen LogP contribution >= 0.6 is 0 Å². The van der Waals surface area contributed by atoms with Crippen LogP contribution in [0.1, 0.15) is 15.9 Å². The summed E-state index contributed by atoms with van der Waals surface area (Å²) in [6.45, 7) is 0.799. The molecule has 0 saturated carbocycles. The molecule has 0 bridgehead atoms. The molecule has 3 aromatic rings. The second kappa shape index (κ2) is 8.06. The Morgan fingerprint density at radius 3 is 2.40 bits per heavy atom. The van der Waals surface area contributed by atoms with Crippen molar-refractivity contribution in [1.82, 2.24) is 4.98 Å². The lowest BCUT2D eigenvalue weighted by molar-refractivity contribution is 0.102. The fourth-order valence-electron chi connectivity index (χ4n) is 2.36. The molecule has 0 spiro atoms. The van der Waals surface area contributed by atoms with E-state index in [0.29, 0.717) is 11.4 Å². The van der Waals surface area contributed by atoms with E-state index in [1.165, 1.54) is 29.8 Å². The van der Waals surface area contributed by atoms with E-state index in [0.717, 1.165) is 18.7 Å². The maximum Gasteiger partial charge on any atom is 0.256 e. The molecule has 1 heterocycles. The molecule has 126 valence electrons. The molecule has 3 rings (SSSR count). The molecule has 2 N–H and O–H groups in total. The van der Waals surface area contributed by atoms with Gasteiger partial charge >= 0.3 is 0 Å². The van der Waals surface area contributed by atoms with Crippen LogP contribution in [0.2, 0.25) is 0 Å². The molecular weight excluding hydrogens is 317 g/mol. The van der Waals surface area contributed by atoms with E-state index in [1.54, 1.807) is 12.3 Å². The highest BCUT2D eigenvalue weighted by Crippen LogP contribution is 2.12. The van der Waals surface area contributed by atoms with Gasteiger partial charge in [0.05, 0.1) is 11.9 Å². The minimum atomic E-state index is -0.374. The van der Waals surface area contributed by atoms with Crippen molar-refractivity contribution in [2.45, 2.75) is 6.42 Å². The van der Waals surface area contributed by atoms with Gasteiger partial charge in [-0.05, 0) is 48.4 Å². The lowest BCUT2D eigenvalue weighted by atomic mass is 10.1. The van der Waals surface area contributed by atoms with Gasteiger partial charge in [-0.25, -0.2) is 9.37 Å². The van der Waals surface area contributed by atoms with E-state index in [1.807, 2.05) is 24.3 Å². The van der Waals surface area contributed by atoms with Gasteiger partial charge in [-0.3, -0.25) is 4.79 Å². The first-order valence-electron chi connectivity index (χ1n) is 8.01. The van der Waals surface area contributed by atoms with E-state index in [4.69, 9.17) is 0 Å². The molecule has 0 aliphatic carbocycles. The molecule has 0 aliphatic rings. The Bertz CT molecular complexity index is 818. The van der Waals surface area contributed by atoms with Gasteiger partial charge in [0.15, 0.2) is 0 Å². The number of nitrogens with zero attached hydrogens (tertiary/aromatic N) is 1. The molecule has 2 aromatic carbocycles. The predicted molar refractivity (Wildman–Crippen MR) is 97.2 cm³/mol. The van der Waals surface area contributed by atoms with Crippen LogP contribution in [0.5, 0.6) is 0 Å². The summed E-state index contributed by atoms with van der Waals surface area (Å²) in [5.74, 6) is -0.249. The average Bonchev–Trinajstić information content (AvgIpc) is 2.64. The van der Waals surface area contributed by atoms with Crippen molar-refractivity contribution >= 4 is 17.4 Å². The van der Waals surface area contributed by atoms with E-state index < -0.39 is 0 Å². The summed E-state index contributed by atoms with van der Waals surface area (Å²) in [6.07, 6.45) is 2.59. The number of rotatable bonds is 6. The summed E-state index contributed by atoms with van der Waals surface area (Å²) in [5.41, 5.74) is 2.54. The Morgan fingerprint density at radius 2 is 1.72 bits per heavy atom. The molecule has 0 atom stereocenters. The van der Waals surface area contributed by atoms with Gasteiger partial charge in [0.2, 0.25) is 0 Å². The van der Waals surface area contributed by atoms with Crippen LogP contribution in [-0.2, 0) is 6.42 Å². The summed E-state index contributed by atoms with van der Waals surface area (Å²) in [4.78, 5) is 16.3. The third kappa shape index (κ3) is 4.88. The first-order chi connectivity index (χ1) is 12.2. The number of halogens is 1. The highest BCUT2D eigenvalue weighted by molar-refractivity contribution is 6.03. The minimum Gasteiger partial charge on any atom is -0.383 e. The summed E-state index contributed by atoms with van der Waals surface area (Å²) in [7, 11) is 0. The third-order valence-corrected chi connectivity index (χ3v) is 3.70. The Kier molecular flexibility index (Phi) is 5.36. The van der Waals surface area contributed by atoms with Gasteiger partial charge in [0, 0.05) is 12.1 Å². The number of aromatic nitrogens is 1. The Hall–Kier alpha value is -3.21. The summed E-state index contributed by atoms with van der Waals surface area (Å²) in [6, 6.07) is 19.2. The van der Waals surface area contributed by atoms with Crippen LogP contribution in [0.4, 0.5) is 15.9 Å². The van der Waals surface area contributed by atoms with Crippen LogP contribution in [0, 0.1) is 5.82 Å². The van der Waals surface area contributed by atoms with E-state index in [9.17, 15) is 9.18 Å². The van der Waals surface area contributed by atoms with E-state index in [2.05, 4.69) is 27.8 Å². The predicted octanol–water partition coefficient (Wildman–Crippen LogP) is 4.13. The summed E-state index contributed by atoms with van der Waals surface area (Å²) >= 11 is 0. The molecule has 0 aliphatic heterocycles. The molecule has 0 unspecified atom stereocenters. The van der Waals surface area contributed by atoms with Crippen molar-refractivity contribution in [1.29, 1.82) is 0 Å². The third-order valence-electron chi connectivity index (χ3n) is 3.70. The summed E-state index contributed by atoms with van der Waals surface area (Å²) in [5, 5.41) is 5.98. The largest absolute Gasteiger partial charge is 0.383 e. The number of hydrogen-bond acceptors (Lipinski definition) is 3. The smallest absolute Gasteiger partial charge is 0.256 e. The van der Waals surface area contributed by atoms with Gasteiger partial charge in [-0.1, -0.05) is 30.3 Å². The second-order valence-electron chi connectivity index (χ2n) is 5.56. The number of benzene rings is 2. The van der Waals surface area contributed by atoms with Crippen molar-refractivity contribution in [3.63, 3.8) is 0 Å². The topological polar surface area (TPSA) is 54.0 Å². The van der Waals surface area contributed by atoms with Crippen molar-refractivity contribution in [3.05, 3.63) is 89.9 Å². The molecule has 0 radical (unpaired) electrons. The van der Waals surface area contributed by atoms with Crippen LogP contribution in [0.25, 0.3) is 0 Å². The maximum absolute atomic E-state index is 12.9. The standard InChI is InChI=1S/C20H18FN3O/c21-17-8-6-16(7-9-17)20(25)24-19-11-10-18(14-23-19)22-13-12-15-4-2-1-3-5-15/h1-11,14,22H,12-13H2,(H,23,24,25). The van der Waals surface area contributed by atoms with E-state index in [-0.39, 0.29) is 11.7 Å². The Morgan fingerprint density at radius 1 is 0.960 bits per heavy atom. The van der Waals surface area contributed by atoms with Gasteiger partial charge in [-0.15, -0.1) is 0 Å². The highest BCUT2D eigenvalue weighted by Gasteiger charge is 2.06. The molecular formula is C20H18FN3O. The highest BCUT2D eigenvalue weighted by atomic mass is 19.1. The number of nitrogens with one attached hydrogen (secondary N) is 2. The molecule has 1 aromatic heterocycles. The van der Waals surface area contributed by atoms with Crippen LogP contribution in [0.15, 0.2) is 72.9 Å². The second-order valence-corrected chi connectivity index (χ2v) is 5.56. The number of carbonyl (C=O) groups is 1. The number of carbonyl (C=O) groups excluding carboxylic acids is 1. The lowest BCUT2D eigenvalue weighted by Gasteiger charge is -2.08. The number of hydrogen-bond donors (Lipinski definition) is 2. The number of amides is 1. The number of pyridine rings is 1. The quantitative estimate of drug-likeness (QED) is 0.712. The Labute approximate surface area is 145 Å². The van der Waals surface area contributed by atoms with Crippen LogP contribution < -0.4 is 10.6 Å². The zero-order chi connectivity index (χ0) is 17.5. The zero-order valence-corrected chi connectivity index (χ0v) is 13.6. The van der Waals surface area contributed by atoms with Crippen molar-refractivity contribution in [2.75, 3.05) is 17.2 Å². The molecule has 5 heteroatoms. The summed E-state index contributed by atoms with van der Waals surface area (Å²) < 4.78 is 12.9. The van der Waals surface area contributed by atoms with Crippen molar-refractivity contribution in [3.8, 4) is 0 Å². The molecule has 4 nitrogen and oxygen atoms in total. The first kappa shape index (κ1) is 16.6. The lowest BCUT2D eigenvalue weighted by Crippen LogP contribution is -2.13. The fraction of sp³-hybridized carbons (Fsp3) is 0.100. The fourth-order valence-corrected chi connectivity index (χ4v) is 2.36. The van der Waals surface area contributed by atoms with Gasteiger partial charge in [0.25, 0.3) is 5.91 Å². The van der Waals surface area contributed by atoms with E-state index >= 15 is 0 Å². The van der Waals surface area contributed by atoms with Gasteiger partial charge < -0.3 is 10.6 Å². The molecule has 1 amide bonds. The van der Waals surface area contributed by atoms with Crippen molar-refractivity contribution < 1.29 is 9.18 Å². The molecule has 0 fully saturated rings. The zero-order valence-electron chi connectivity index (χ0n) is 13.6. The van der Waals surface area contributed by atoms with Crippen LogP contribution in [-0.4, -0.2) is 17.4 Å². The van der Waals surface area contributed by atoms with Gasteiger partial charge in [-0.2, -0.15) is 0 Å². The van der Waals surface area contributed by atoms with Crippen LogP contribution in [0.3, 0.4) is 0 Å². The Balaban J connectivity index is 1.51. The first-order valence-corrected chi connectivity index (χ1v) is 8.01. The molecule has 25 heavy (non-hydrogen) atoms. The van der Waals surface area contributed by atoms with Crippen molar-refractivity contribution in [2.24, 2.45) is 0 Å².